The molecule has 1 aromatic heterocycles. The maximum atomic E-state index is 12.7. The lowest BCUT2D eigenvalue weighted by Gasteiger charge is -2.11. The van der Waals surface area contributed by atoms with E-state index in [0.717, 1.165) is 0 Å². The van der Waals surface area contributed by atoms with Crippen molar-refractivity contribution in [3.8, 4) is 5.75 Å². The lowest BCUT2D eigenvalue weighted by molar-refractivity contribution is -0.142. The zero-order valence-electron chi connectivity index (χ0n) is 9.87. The molecule has 0 N–H and O–H groups in total. The third-order valence-corrected chi connectivity index (χ3v) is 2.38. The largest absolute Gasteiger partial charge is 0.496 e. The molecule has 0 unspecified atom stereocenters. The van der Waals surface area contributed by atoms with Crippen molar-refractivity contribution < 1.29 is 23.0 Å². The van der Waals surface area contributed by atoms with Crippen LogP contribution in [0.4, 0.5) is 8.78 Å². The van der Waals surface area contributed by atoms with Crippen LogP contribution in [0.15, 0.2) is 6.07 Å². The van der Waals surface area contributed by atoms with E-state index in [2.05, 4.69) is 4.98 Å². The van der Waals surface area contributed by atoms with Crippen LogP contribution in [0.2, 0.25) is 5.15 Å². The number of rotatable bonds is 5. The van der Waals surface area contributed by atoms with Crippen LogP contribution < -0.4 is 4.74 Å². The number of halogens is 3. The number of nitrogens with zero attached hydrogens (tertiary/aromatic N) is 1. The number of carbonyl (C=O) groups excluding carboxylic acids is 1. The predicted molar refractivity (Wildman–Crippen MR) is 61.1 cm³/mol. The van der Waals surface area contributed by atoms with Gasteiger partial charge in [0.1, 0.15) is 10.9 Å². The summed E-state index contributed by atoms with van der Waals surface area (Å²) in [6.07, 6.45) is -2.94. The molecule has 100 valence electrons. The first kappa shape index (κ1) is 14.6. The van der Waals surface area contributed by atoms with Crippen LogP contribution in [-0.2, 0) is 16.0 Å². The molecule has 0 aliphatic carbocycles. The smallest absolute Gasteiger partial charge is 0.311 e. The Hall–Kier alpha value is -1.43. The summed E-state index contributed by atoms with van der Waals surface area (Å²) in [6.45, 7) is 1.90. The van der Waals surface area contributed by atoms with Gasteiger partial charge in [0.25, 0.3) is 6.43 Å². The summed E-state index contributed by atoms with van der Waals surface area (Å²) in [6, 6.07) is 1.25. The molecule has 18 heavy (non-hydrogen) atoms. The molecule has 4 nitrogen and oxygen atoms in total. The highest BCUT2D eigenvalue weighted by atomic mass is 35.5. The van der Waals surface area contributed by atoms with Gasteiger partial charge in [-0.2, -0.15) is 0 Å². The molecule has 1 rings (SSSR count). The van der Waals surface area contributed by atoms with E-state index in [1.165, 1.54) is 13.2 Å². The number of ether oxygens (including phenoxy) is 2. The monoisotopic (exact) mass is 279 g/mol. The molecule has 0 aromatic carbocycles. The molecule has 1 heterocycles. The summed E-state index contributed by atoms with van der Waals surface area (Å²) in [5.74, 6) is -0.600. The topological polar surface area (TPSA) is 48.4 Å². The van der Waals surface area contributed by atoms with Crippen molar-refractivity contribution in [1.82, 2.24) is 4.98 Å². The number of esters is 1. The lowest BCUT2D eigenvalue weighted by atomic mass is 10.2. The van der Waals surface area contributed by atoms with Crippen molar-refractivity contribution in [3.63, 3.8) is 0 Å². The van der Waals surface area contributed by atoms with E-state index >= 15 is 0 Å². The Morgan fingerprint density at radius 2 is 2.22 bits per heavy atom. The molecule has 0 aliphatic rings. The van der Waals surface area contributed by atoms with Gasteiger partial charge in [-0.25, -0.2) is 13.8 Å². The van der Waals surface area contributed by atoms with E-state index in [9.17, 15) is 13.6 Å². The van der Waals surface area contributed by atoms with Gasteiger partial charge in [-0.05, 0) is 6.92 Å². The number of alkyl halides is 2. The number of pyridine rings is 1. The summed E-state index contributed by atoms with van der Waals surface area (Å²) >= 11 is 5.65. The first-order chi connectivity index (χ1) is 8.49. The van der Waals surface area contributed by atoms with Crippen molar-refractivity contribution >= 4 is 17.6 Å². The zero-order chi connectivity index (χ0) is 13.7. The standard InChI is InChI=1S/C11H12ClF2NO3/c1-3-18-8(16)5-6-4-7(17-2)9(11(13)14)10(12)15-6/h4,11H,3,5H2,1-2H3. The van der Waals surface area contributed by atoms with Crippen molar-refractivity contribution in [3.05, 3.63) is 22.5 Å². The first-order valence-corrected chi connectivity index (χ1v) is 5.54. The number of hydrogen-bond donors (Lipinski definition) is 0. The molecule has 0 bridgehead atoms. The molecule has 0 fully saturated rings. The minimum absolute atomic E-state index is 0.0932. The van der Waals surface area contributed by atoms with Crippen LogP contribution in [0.1, 0.15) is 24.6 Å². The first-order valence-electron chi connectivity index (χ1n) is 5.16. The maximum Gasteiger partial charge on any atom is 0.311 e. The molecular formula is C11H12ClF2NO3. The maximum absolute atomic E-state index is 12.7. The van der Waals surface area contributed by atoms with E-state index in [4.69, 9.17) is 21.1 Å². The highest BCUT2D eigenvalue weighted by molar-refractivity contribution is 6.30. The van der Waals surface area contributed by atoms with Gasteiger partial charge in [-0.1, -0.05) is 11.6 Å². The molecule has 1 aromatic rings. The van der Waals surface area contributed by atoms with Gasteiger partial charge in [-0.3, -0.25) is 4.79 Å². The second-order valence-corrected chi connectivity index (χ2v) is 3.66. The van der Waals surface area contributed by atoms with Gasteiger partial charge in [-0.15, -0.1) is 0 Å². The molecule has 0 radical (unpaired) electrons. The van der Waals surface area contributed by atoms with Crippen molar-refractivity contribution in [1.29, 1.82) is 0 Å². The number of carbonyl (C=O) groups is 1. The summed E-state index contributed by atoms with van der Waals surface area (Å²) in [5.41, 5.74) is -0.258. The van der Waals surface area contributed by atoms with Crippen LogP contribution in [0.3, 0.4) is 0 Å². The average molecular weight is 280 g/mol. The van der Waals surface area contributed by atoms with Crippen LogP contribution in [0, 0.1) is 0 Å². The van der Waals surface area contributed by atoms with E-state index < -0.39 is 18.0 Å². The van der Waals surface area contributed by atoms with Gasteiger partial charge < -0.3 is 9.47 Å². The van der Waals surface area contributed by atoms with Crippen LogP contribution in [0.25, 0.3) is 0 Å². The van der Waals surface area contributed by atoms with Crippen molar-refractivity contribution in [2.24, 2.45) is 0 Å². The number of aromatic nitrogens is 1. The Kier molecular flexibility index (Phi) is 5.27. The van der Waals surface area contributed by atoms with Crippen LogP contribution in [0.5, 0.6) is 5.75 Å². The summed E-state index contributed by atoms with van der Waals surface area (Å²) in [4.78, 5) is 15.0. The second kappa shape index (κ2) is 6.49. The number of hydrogen-bond acceptors (Lipinski definition) is 4. The van der Waals surface area contributed by atoms with Crippen LogP contribution in [-0.4, -0.2) is 24.7 Å². The summed E-state index contributed by atoms with van der Waals surface area (Å²) < 4.78 is 34.9. The highest BCUT2D eigenvalue weighted by Gasteiger charge is 2.21. The van der Waals surface area contributed by atoms with Crippen molar-refractivity contribution in [2.45, 2.75) is 19.8 Å². The van der Waals surface area contributed by atoms with E-state index in [1.54, 1.807) is 6.92 Å². The highest BCUT2D eigenvalue weighted by Crippen LogP contribution is 2.34. The Balaban J connectivity index is 3.03. The zero-order valence-corrected chi connectivity index (χ0v) is 10.6. The quantitative estimate of drug-likeness (QED) is 0.614. The van der Waals surface area contributed by atoms with Crippen molar-refractivity contribution in [2.75, 3.05) is 13.7 Å². The lowest BCUT2D eigenvalue weighted by Crippen LogP contribution is -2.10. The molecule has 7 heteroatoms. The molecule has 0 atom stereocenters. The molecular weight excluding hydrogens is 268 g/mol. The third kappa shape index (κ3) is 3.53. The van der Waals surface area contributed by atoms with E-state index in [0.29, 0.717) is 0 Å². The fourth-order valence-electron chi connectivity index (χ4n) is 1.37. The summed E-state index contributed by atoms with van der Waals surface area (Å²) in [5, 5.41) is -0.372. The fraction of sp³-hybridized carbons (Fsp3) is 0.455. The van der Waals surface area contributed by atoms with Gasteiger partial charge in [0.05, 0.1) is 31.4 Å². The normalized spacial score (nSPS) is 10.6. The van der Waals surface area contributed by atoms with Crippen LogP contribution >= 0.6 is 11.6 Å². The molecule has 0 aliphatic heterocycles. The third-order valence-electron chi connectivity index (χ3n) is 2.10. The minimum Gasteiger partial charge on any atom is -0.496 e. The van der Waals surface area contributed by atoms with E-state index in [1.807, 2.05) is 0 Å². The molecule has 0 amide bonds. The SMILES string of the molecule is CCOC(=O)Cc1cc(OC)c(C(F)F)c(Cl)n1. The predicted octanol–water partition coefficient (Wildman–Crippen LogP) is 2.79. The summed E-state index contributed by atoms with van der Waals surface area (Å²) in [7, 11) is 1.24. The minimum atomic E-state index is -2.79. The van der Waals surface area contributed by atoms with Gasteiger partial charge in [0, 0.05) is 6.07 Å². The second-order valence-electron chi connectivity index (χ2n) is 3.30. The molecule has 0 saturated carbocycles. The van der Waals surface area contributed by atoms with Gasteiger partial charge in [0.15, 0.2) is 0 Å². The van der Waals surface area contributed by atoms with Gasteiger partial charge >= 0.3 is 5.97 Å². The Labute approximate surface area is 108 Å². The Morgan fingerprint density at radius 3 is 2.72 bits per heavy atom. The average Bonchev–Trinajstić information content (AvgIpc) is 2.27. The molecule has 0 saturated heterocycles. The number of methoxy groups -OCH3 is 1. The van der Waals surface area contributed by atoms with E-state index in [-0.39, 0.29) is 29.6 Å². The molecule has 0 spiro atoms. The fourth-order valence-corrected chi connectivity index (χ4v) is 1.65. The van der Waals surface area contributed by atoms with Gasteiger partial charge in [0.2, 0.25) is 0 Å². The Bertz CT molecular complexity index is 441. The Morgan fingerprint density at radius 1 is 1.56 bits per heavy atom.